The number of carbonyl (C=O) groups excluding carboxylic acids is 3. The number of amides is 3. The van der Waals surface area contributed by atoms with Gasteiger partial charge in [-0.2, -0.15) is 0 Å². The van der Waals surface area contributed by atoms with Crippen molar-refractivity contribution >= 4 is 23.7 Å². The summed E-state index contributed by atoms with van der Waals surface area (Å²) >= 11 is 0. The lowest BCUT2D eigenvalue weighted by molar-refractivity contribution is -0.154. The van der Waals surface area contributed by atoms with Gasteiger partial charge in [0, 0.05) is 12.8 Å². The molecule has 21 heavy (non-hydrogen) atoms. The van der Waals surface area contributed by atoms with Gasteiger partial charge >= 0.3 is 5.97 Å². The Labute approximate surface area is 122 Å². The molecule has 0 aromatic carbocycles. The van der Waals surface area contributed by atoms with Crippen LogP contribution in [0.2, 0.25) is 0 Å². The molecule has 2 rings (SSSR count). The van der Waals surface area contributed by atoms with Gasteiger partial charge in [0.25, 0.3) is 0 Å². The van der Waals surface area contributed by atoms with Gasteiger partial charge in [-0.3, -0.25) is 24.5 Å². The molecule has 1 saturated heterocycles. The largest absolute Gasteiger partial charge is 0.481 e. The highest BCUT2D eigenvalue weighted by Gasteiger charge is 2.42. The van der Waals surface area contributed by atoms with Crippen LogP contribution < -0.4 is 10.6 Å². The Balaban J connectivity index is 1.95. The van der Waals surface area contributed by atoms with Crippen molar-refractivity contribution in [3.63, 3.8) is 0 Å². The highest BCUT2D eigenvalue weighted by Crippen LogP contribution is 2.39. The fourth-order valence-corrected chi connectivity index (χ4v) is 3.08. The number of piperidine rings is 1. The van der Waals surface area contributed by atoms with Crippen LogP contribution in [0.5, 0.6) is 0 Å². The first-order valence-electron chi connectivity index (χ1n) is 7.29. The summed E-state index contributed by atoms with van der Waals surface area (Å²) in [4.78, 5) is 46.2. The van der Waals surface area contributed by atoms with Crippen LogP contribution in [0.3, 0.4) is 0 Å². The molecule has 116 valence electrons. The molecule has 1 aliphatic carbocycles. The van der Waals surface area contributed by atoms with Gasteiger partial charge in [-0.05, 0) is 19.3 Å². The van der Waals surface area contributed by atoms with Crippen LogP contribution in [-0.2, 0) is 19.2 Å². The summed E-state index contributed by atoms with van der Waals surface area (Å²) in [7, 11) is 0. The third-order valence-electron chi connectivity index (χ3n) is 4.34. The van der Waals surface area contributed by atoms with Gasteiger partial charge < -0.3 is 10.4 Å². The Kier molecular flexibility index (Phi) is 4.59. The monoisotopic (exact) mass is 296 g/mol. The van der Waals surface area contributed by atoms with E-state index >= 15 is 0 Å². The second-order valence-electron chi connectivity index (χ2n) is 5.89. The van der Waals surface area contributed by atoms with Gasteiger partial charge in [0.05, 0.1) is 5.41 Å². The zero-order valence-electron chi connectivity index (χ0n) is 11.8. The molecule has 0 aromatic rings. The maximum atomic E-state index is 12.1. The van der Waals surface area contributed by atoms with E-state index in [4.69, 9.17) is 0 Å². The molecule has 1 aliphatic heterocycles. The number of hydrogen-bond donors (Lipinski definition) is 3. The van der Waals surface area contributed by atoms with Crippen molar-refractivity contribution in [2.24, 2.45) is 5.41 Å². The van der Waals surface area contributed by atoms with E-state index in [1.807, 2.05) is 0 Å². The van der Waals surface area contributed by atoms with Crippen LogP contribution in [0.4, 0.5) is 0 Å². The summed E-state index contributed by atoms with van der Waals surface area (Å²) in [6, 6.07) is -0.746. The quantitative estimate of drug-likeness (QED) is 0.647. The summed E-state index contributed by atoms with van der Waals surface area (Å²) in [6.45, 7) is 0. The number of rotatable bonds is 4. The fraction of sp³-hybridized carbons (Fsp3) is 0.714. The Morgan fingerprint density at radius 3 is 2.48 bits per heavy atom. The van der Waals surface area contributed by atoms with Crippen molar-refractivity contribution in [1.82, 2.24) is 10.6 Å². The fourth-order valence-electron chi connectivity index (χ4n) is 3.08. The second kappa shape index (κ2) is 6.24. The molecule has 7 nitrogen and oxygen atoms in total. The smallest absolute Gasteiger partial charge is 0.310 e. The molecule has 0 aromatic heterocycles. The number of nitrogens with one attached hydrogen (secondary N) is 2. The standard InChI is InChI=1S/C14H20N2O5/c17-10-5-4-9(12(19)16-10)15-11(18)8-14(13(20)21)6-2-1-3-7-14/h9H,1-8H2,(H,15,18)(H,20,21)(H,16,17,19). The molecule has 3 amide bonds. The number of carbonyl (C=O) groups is 4. The number of imide groups is 1. The predicted molar refractivity (Wildman–Crippen MR) is 72.1 cm³/mol. The van der Waals surface area contributed by atoms with Gasteiger partial charge in [-0.25, -0.2) is 0 Å². The lowest BCUT2D eigenvalue weighted by Gasteiger charge is -2.33. The van der Waals surface area contributed by atoms with E-state index in [0.29, 0.717) is 12.8 Å². The lowest BCUT2D eigenvalue weighted by atomic mass is 9.71. The van der Waals surface area contributed by atoms with Gasteiger partial charge in [0.1, 0.15) is 6.04 Å². The second-order valence-corrected chi connectivity index (χ2v) is 5.89. The van der Waals surface area contributed by atoms with Crippen LogP contribution in [0.15, 0.2) is 0 Å². The van der Waals surface area contributed by atoms with E-state index in [-0.39, 0.29) is 25.2 Å². The molecular weight excluding hydrogens is 276 g/mol. The van der Waals surface area contributed by atoms with Crippen molar-refractivity contribution in [1.29, 1.82) is 0 Å². The summed E-state index contributed by atoms with van der Waals surface area (Å²) < 4.78 is 0. The molecule has 2 aliphatic rings. The molecule has 0 radical (unpaired) electrons. The zero-order valence-corrected chi connectivity index (χ0v) is 11.8. The minimum atomic E-state index is -1.01. The molecule has 0 bridgehead atoms. The number of hydrogen-bond acceptors (Lipinski definition) is 4. The molecule has 1 atom stereocenters. The van der Waals surface area contributed by atoms with Crippen LogP contribution in [0, 0.1) is 5.41 Å². The van der Waals surface area contributed by atoms with Gasteiger partial charge in [-0.15, -0.1) is 0 Å². The Morgan fingerprint density at radius 2 is 1.90 bits per heavy atom. The summed E-state index contributed by atoms with van der Waals surface area (Å²) in [5.74, 6) is -2.25. The predicted octanol–water partition coefficient (Wildman–Crippen LogP) is 0.333. The molecule has 3 N–H and O–H groups in total. The first-order chi connectivity index (χ1) is 9.93. The SMILES string of the molecule is O=C1CCC(NC(=O)CC2(C(=O)O)CCCCC2)C(=O)N1. The molecule has 1 saturated carbocycles. The Hall–Kier alpha value is -1.92. The summed E-state index contributed by atoms with van der Waals surface area (Å²) in [6.07, 6.45) is 3.91. The summed E-state index contributed by atoms with van der Waals surface area (Å²) in [5, 5.41) is 14.1. The molecule has 1 unspecified atom stereocenters. The van der Waals surface area contributed by atoms with Crippen LogP contribution >= 0.6 is 0 Å². The Morgan fingerprint density at radius 1 is 1.24 bits per heavy atom. The van der Waals surface area contributed by atoms with Crippen molar-refractivity contribution in [3.8, 4) is 0 Å². The number of aliphatic carboxylic acids is 1. The third-order valence-corrected chi connectivity index (χ3v) is 4.34. The first kappa shape index (κ1) is 15.5. The van der Waals surface area contributed by atoms with E-state index in [2.05, 4.69) is 10.6 Å². The zero-order chi connectivity index (χ0) is 15.5. The maximum absolute atomic E-state index is 12.1. The minimum Gasteiger partial charge on any atom is -0.481 e. The minimum absolute atomic E-state index is 0.111. The van der Waals surface area contributed by atoms with Crippen LogP contribution in [0.25, 0.3) is 0 Å². The van der Waals surface area contributed by atoms with Crippen LogP contribution in [0.1, 0.15) is 51.4 Å². The van der Waals surface area contributed by atoms with E-state index < -0.39 is 29.2 Å². The van der Waals surface area contributed by atoms with Crippen molar-refractivity contribution in [2.75, 3.05) is 0 Å². The normalized spacial score (nSPS) is 25.0. The summed E-state index contributed by atoms with van der Waals surface area (Å²) in [5.41, 5.74) is -1.01. The topological polar surface area (TPSA) is 113 Å². The average Bonchev–Trinajstić information content (AvgIpc) is 2.43. The van der Waals surface area contributed by atoms with Gasteiger partial charge in [0.2, 0.25) is 17.7 Å². The van der Waals surface area contributed by atoms with E-state index in [9.17, 15) is 24.3 Å². The maximum Gasteiger partial charge on any atom is 0.310 e. The highest BCUT2D eigenvalue weighted by molar-refractivity contribution is 6.01. The molecule has 7 heteroatoms. The molecule has 2 fully saturated rings. The first-order valence-corrected chi connectivity index (χ1v) is 7.29. The Bertz CT molecular complexity index is 468. The van der Waals surface area contributed by atoms with E-state index in [0.717, 1.165) is 19.3 Å². The van der Waals surface area contributed by atoms with Gasteiger partial charge in [-0.1, -0.05) is 19.3 Å². The highest BCUT2D eigenvalue weighted by atomic mass is 16.4. The van der Waals surface area contributed by atoms with Crippen molar-refractivity contribution in [3.05, 3.63) is 0 Å². The average molecular weight is 296 g/mol. The van der Waals surface area contributed by atoms with Crippen LogP contribution in [-0.4, -0.2) is 34.8 Å². The van der Waals surface area contributed by atoms with Crippen molar-refractivity contribution in [2.45, 2.75) is 57.4 Å². The van der Waals surface area contributed by atoms with Gasteiger partial charge in [0.15, 0.2) is 0 Å². The molecule has 0 spiro atoms. The molecular formula is C14H20N2O5. The lowest BCUT2D eigenvalue weighted by Crippen LogP contribution is -2.53. The van der Waals surface area contributed by atoms with E-state index in [1.54, 1.807) is 0 Å². The van der Waals surface area contributed by atoms with E-state index in [1.165, 1.54) is 0 Å². The van der Waals surface area contributed by atoms with Crippen molar-refractivity contribution < 1.29 is 24.3 Å². The number of carboxylic acid groups (broad SMARTS) is 1. The molecule has 1 heterocycles. The number of carboxylic acids is 1. The third kappa shape index (κ3) is 3.59.